The van der Waals surface area contributed by atoms with Crippen molar-refractivity contribution in [3.63, 3.8) is 0 Å². The molecule has 0 saturated carbocycles. The molecule has 0 aromatic heterocycles. The fraction of sp³-hybridized carbons (Fsp3) is 0.111. The molecule has 1 aromatic rings. The number of benzene rings is 1. The number of carbonyl (C=O) groups excluding carboxylic acids is 1. The maximum absolute atomic E-state index is 10.9. The summed E-state index contributed by atoms with van der Waals surface area (Å²) in [7, 11) is 0. The summed E-state index contributed by atoms with van der Waals surface area (Å²) in [5.41, 5.74) is 0.678. The minimum atomic E-state index is -1.83. The van der Waals surface area contributed by atoms with Crippen molar-refractivity contribution in [3.05, 3.63) is 35.9 Å². The zero-order valence-electron chi connectivity index (χ0n) is 7.18. The van der Waals surface area contributed by atoms with Gasteiger partial charge in [-0.05, 0) is 0 Å². The van der Waals surface area contributed by atoms with Crippen LogP contribution in [0, 0.1) is 0 Å². The van der Waals surface area contributed by atoms with E-state index in [2.05, 4.69) is 0 Å². The summed E-state index contributed by atoms with van der Waals surface area (Å²) < 4.78 is 0. The quantitative estimate of drug-likeness (QED) is 0.469. The number of hydrogen-bond acceptors (Lipinski definition) is 2. The summed E-state index contributed by atoms with van der Waals surface area (Å²) in [5, 5.41) is 13.9. The first-order valence-electron chi connectivity index (χ1n) is 3.64. The number of halogens is 1. The zero-order chi connectivity index (χ0) is 11.0. The molecule has 0 unspecified atom stereocenters. The van der Waals surface area contributed by atoms with Gasteiger partial charge in [0.15, 0.2) is 5.78 Å². The third kappa shape index (κ3) is 9.75. The van der Waals surface area contributed by atoms with Crippen molar-refractivity contribution in [2.24, 2.45) is 0 Å². The Hall–Kier alpha value is -0.550. The predicted octanol–water partition coefficient (Wildman–Crippen LogP) is 1.68. The number of ketones is 1. The summed E-state index contributed by atoms with van der Waals surface area (Å²) in [4.78, 5) is 19.4. The van der Waals surface area contributed by atoms with Crippen LogP contribution in [0.2, 0.25) is 0 Å². The van der Waals surface area contributed by atoms with Crippen molar-refractivity contribution in [3.8, 4) is 0 Å². The molecule has 0 aliphatic heterocycles. The molecule has 1 rings (SSSR count). The molecule has 0 atom stereocenters. The van der Waals surface area contributed by atoms with Crippen LogP contribution >= 0.6 is 11.6 Å². The van der Waals surface area contributed by atoms with Gasteiger partial charge in [0.2, 0.25) is 0 Å². The molecule has 0 fully saturated rings. The molecule has 0 amide bonds. The second-order valence-corrected chi connectivity index (χ2v) is 2.47. The number of alkyl halides is 1. The van der Waals surface area contributed by atoms with Gasteiger partial charge in [-0.25, -0.2) is 4.79 Å². The van der Waals surface area contributed by atoms with Crippen molar-refractivity contribution in [1.82, 2.24) is 0 Å². The van der Waals surface area contributed by atoms with Crippen molar-refractivity contribution in [2.45, 2.75) is 0 Å². The van der Waals surface area contributed by atoms with Crippen LogP contribution in [0.25, 0.3) is 0 Å². The number of carboxylic acid groups (broad SMARTS) is 2. The first kappa shape index (κ1) is 16.9. The van der Waals surface area contributed by atoms with Crippen LogP contribution in [0.4, 0.5) is 4.79 Å². The summed E-state index contributed by atoms with van der Waals surface area (Å²) in [6, 6.07) is 9.01. The Morgan fingerprint density at radius 3 is 1.87 bits per heavy atom. The van der Waals surface area contributed by atoms with Crippen molar-refractivity contribution in [2.75, 3.05) is 5.88 Å². The molecule has 0 saturated heterocycles. The van der Waals surface area contributed by atoms with Crippen molar-refractivity contribution in [1.29, 1.82) is 0 Å². The Kier molecular flexibility index (Phi) is 11.2. The summed E-state index contributed by atoms with van der Waals surface area (Å²) in [5.74, 6) is 0.0339. The molecule has 0 radical (unpaired) electrons. The Balaban J connectivity index is 0. The fourth-order valence-electron chi connectivity index (χ4n) is 0.701. The number of Topliss-reactive ketones (excluding diaryl/α,β-unsaturated/α-hetero) is 1. The third-order valence-electron chi connectivity index (χ3n) is 1.22. The molecule has 6 heteroatoms. The Morgan fingerprint density at radius 2 is 1.53 bits per heavy atom. The fourth-order valence-corrected chi connectivity index (χ4v) is 0.856. The molecule has 15 heavy (non-hydrogen) atoms. The Morgan fingerprint density at radius 1 is 1.13 bits per heavy atom. The second kappa shape index (κ2) is 9.98. The van der Waals surface area contributed by atoms with E-state index in [9.17, 15) is 4.79 Å². The molecule has 0 aliphatic carbocycles. The van der Waals surface area contributed by atoms with E-state index in [0.717, 1.165) is 0 Å². The normalized spacial score (nSPS) is 7.80. The van der Waals surface area contributed by atoms with Gasteiger partial charge < -0.3 is 10.2 Å². The SMILES string of the molecule is O=C(CCl)c1ccccc1.O=C(O)O.[NaH]. The number of hydrogen-bond donors (Lipinski definition) is 2. The van der Waals surface area contributed by atoms with Gasteiger partial charge in [-0.1, -0.05) is 30.3 Å². The topological polar surface area (TPSA) is 74.6 Å². The van der Waals surface area contributed by atoms with Gasteiger partial charge in [0.1, 0.15) is 0 Å². The van der Waals surface area contributed by atoms with Crippen LogP contribution in [0.3, 0.4) is 0 Å². The van der Waals surface area contributed by atoms with Gasteiger partial charge in [0, 0.05) is 5.56 Å². The van der Waals surface area contributed by atoms with Crippen LogP contribution in [-0.4, -0.2) is 57.6 Å². The van der Waals surface area contributed by atoms with Crippen molar-refractivity contribution >= 4 is 53.1 Å². The molecule has 2 N–H and O–H groups in total. The third-order valence-corrected chi connectivity index (χ3v) is 1.46. The van der Waals surface area contributed by atoms with Crippen LogP contribution in [0.1, 0.15) is 10.4 Å². The minimum absolute atomic E-state index is 0. The van der Waals surface area contributed by atoms with Gasteiger partial charge in [-0.2, -0.15) is 0 Å². The van der Waals surface area contributed by atoms with E-state index in [1.54, 1.807) is 12.1 Å². The van der Waals surface area contributed by atoms with Gasteiger partial charge in [0.25, 0.3) is 0 Å². The standard InChI is InChI=1S/C8H7ClO.CH2O3.Na.H/c9-6-8(10)7-4-2-1-3-5-7;2-1(3)4;;/h1-5H,6H2;(H2,2,3,4);;. The number of rotatable bonds is 2. The van der Waals surface area contributed by atoms with Crippen LogP contribution < -0.4 is 0 Å². The van der Waals surface area contributed by atoms with Crippen LogP contribution in [0.15, 0.2) is 30.3 Å². The monoisotopic (exact) mass is 240 g/mol. The Labute approximate surface area is 114 Å². The van der Waals surface area contributed by atoms with Gasteiger partial charge >= 0.3 is 35.7 Å². The molecule has 0 heterocycles. The van der Waals surface area contributed by atoms with E-state index >= 15 is 0 Å². The maximum atomic E-state index is 10.9. The van der Waals surface area contributed by atoms with Crippen molar-refractivity contribution < 1.29 is 19.8 Å². The van der Waals surface area contributed by atoms with E-state index < -0.39 is 6.16 Å². The average molecular weight is 241 g/mol. The second-order valence-electron chi connectivity index (χ2n) is 2.21. The molecule has 1 aromatic carbocycles. The van der Waals surface area contributed by atoms with E-state index in [1.165, 1.54) is 0 Å². The van der Waals surface area contributed by atoms with Gasteiger partial charge in [-0.15, -0.1) is 11.6 Å². The first-order chi connectivity index (χ1) is 6.57. The molecule has 78 valence electrons. The van der Waals surface area contributed by atoms with E-state index in [-0.39, 0.29) is 41.2 Å². The zero-order valence-corrected chi connectivity index (χ0v) is 7.94. The van der Waals surface area contributed by atoms with E-state index in [4.69, 9.17) is 26.6 Å². The summed E-state index contributed by atoms with van der Waals surface area (Å²) >= 11 is 5.34. The number of carbonyl (C=O) groups is 2. The molecule has 4 nitrogen and oxygen atoms in total. The summed E-state index contributed by atoms with van der Waals surface area (Å²) in [6.45, 7) is 0. The van der Waals surface area contributed by atoms with Gasteiger partial charge in [0.05, 0.1) is 5.88 Å². The molecular weight excluding hydrogens is 231 g/mol. The van der Waals surface area contributed by atoms with E-state index in [1.807, 2.05) is 18.2 Å². The average Bonchev–Trinajstić information content (AvgIpc) is 2.17. The van der Waals surface area contributed by atoms with E-state index in [0.29, 0.717) is 5.56 Å². The van der Waals surface area contributed by atoms with Crippen LogP contribution in [-0.2, 0) is 0 Å². The predicted molar refractivity (Wildman–Crippen MR) is 59.3 cm³/mol. The molecule has 0 spiro atoms. The molecule has 0 aliphatic rings. The van der Waals surface area contributed by atoms with Gasteiger partial charge in [-0.3, -0.25) is 4.79 Å². The van der Waals surface area contributed by atoms with Crippen LogP contribution in [0.5, 0.6) is 0 Å². The Bertz CT molecular complexity index is 298. The molecular formula is C9H10ClNaO4. The molecule has 0 bridgehead atoms. The summed E-state index contributed by atoms with van der Waals surface area (Å²) in [6.07, 6.45) is -1.83. The first-order valence-corrected chi connectivity index (χ1v) is 4.17.